The average Bonchev–Trinajstić information content (AvgIpc) is 3.18. The van der Waals surface area contributed by atoms with Gasteiger partial charge in [0, 0.05) is 30.0 Å². The van der Waals surface area contributed by atoms with Crippen molar-refractivity contribution in [1.82, 2.24) is 4.90 Å². The number of ether oxygens (including phenoxy) is 1. The van der Waals surface area contributed by atoms with Crippen LogP contribution in [0.15, 0.2) is 47.6 Å². The zero-order valence-electron chi connectivity index (χ0n) is 17.1. The molecule has 2 aromatic rings. The van der Waals surface area contributed by atoms with Gasteiger partial charge < -0.3 is 15.0 Å². The summed E-state index contributed by atoms with van der Waals surface area (Å²) in [6.45, 7) is 2.56. The van der Waals surface area contributed by atoms with Crippen LogP contribution in [0.4, 0.5) is 20.2 Å². The second-order valence-corrected chi connectivity index (χ2v) is 7.12. The first-order chi connectivity index (χ1) is 15.4. The summed E-state index contributed by atoms with van der Waals surface area (Å²) in [6, 6.07) is 9.90. The van der Waals surface area contributed by atoms with Gasteiger partial charge in [0.1, 0.15) is 17.4 Å². The summed E-state index contributed by atoms with van der Waals surface area (Å²) in [7, 11) is 0. The fraction of sp³-hybridized carbons (Fsp3) is 0.286. The van der Waals surface area contributed by atoms with Crippen molar-refractivity contribution in [3.63, 3.8) is 0 Å². The maximum Gasteiger partial charge on any atom is 0.502 e. The molecule has 9 nitrogen and oxygen atoms in total. The molecule has 2 aromatic carbocycles. The lowest BCUT2D eigenvalue weighted by Gasteiger charge is -2.27. The van der Waals surface area contributed by atoms with Crippen LogP contribution in [0.25, 0.3) is 0 Å². The van der Waals surface area contributed by atoms with E-state index < -0.39 is 42.2 Å². The maximum atomic E-state index is 13.8. The molecule has 1 atom stereocenters. The predicted octanol–water partition coefficient (Wildman–Crippen LogP) is 1.94. The van der Waals surface area contributed by atoms with Crippen LogP contribution < -0.4 is 15.0 Å². The van der Waals surface area contributed by atoms with Gasteiger partial charge in [0.25, 0.3) is 18.7 Å². The molecule has 0 spiro atoms. The molecule has 2 aliphatic heterocycles. The van der Waals surface area contributed by atoms with Crippen molar-refractivity contribution >= 4 is 29.1 Å². The highest BCUT2D eigenvalue weighted by molar-refractivity contribution is 6.32. The van der Waals surface area contributed by atoms with Crippen LogP contribution in [0.5, 0.6) is 5.75 Å². The molecule has 1 N–H and O–H groups in total. The van der Waals surface area contributed by atoms with E-state index >= 15 is 0 Å². The van der Waals surface area contributed by atoms with Crippen molar-refractivity contribution in [2.45, 2.75) is 13.2 Å². The number of rotatable bonds is 6. The third kappa shape index (κ3) is 4.13. The molecule has 32 heavy (non-hydrogen) atoms. The number of benzene rings is 2. The molecular formula is C21H20F2N5O4+. The summed E-state index contributed by atoms with van der Waals surface area (Å²) in [5, 5.41) is 6.53. The van der Waals surface area contributed by atoms with E-state index in [2.05, 4.69) is 10.4 Å². The molecule has 166 valence electrons. The van der Waals surface area contributed by atoms with Gasteiger partial charge in [-0.2, -0.15) is 0 Å². The van der Waals surface area contributed by atoms with Crippen LogP contribution in [0.3, 0.4) is 0 Å². The van der Waals surface area contributed by atoms with Crippen LogP contribution in [-0.4, -0.2) is 59.8 Å². The topological polar surface area (TPSA) is 94.3 Å². The Morgan fingerprint density at radius 1 is 1.16 bits per heavy atom. The van der Waals surface area contributed by atoms with Gasteiger partial charge in [-0.3, -0.25) is 14.5 Å². The molecule has 1 saturated heterocycles. The van der Waals surface area contributed by atoms with Gasteiger partial charge in [-0.25, -0.2) is 13.6 Å². The Labute approximate surface area is 181 Å². The summed E-state index contributed by atoms with van der Waals surface area (Å²) in [6.07, 6.45) is -0.798. The number of amides is 3. The third-order valence-corrected chi connectivity index (χ3v) is 5.04. The fourth-order valence-corrected chi connectivity index (χ4v) is 3.55. The molecule has 0 aromatic heterocycles. The normalized spacial score (nSPS) is 17.8. The fourth-order valence-electron chi connectivity index (χ4n) is 3.55. The number of hydrogen-bond donors (Lipinski definition) is 1. The molecule has 2 heterocycles. The Bertz CT molecular complexity index is 1110. The number of carbonyl (C=O) groups excluding carboxylic acids is 3. The van der Waals surface area contributed by atoms with Crippen LogP contribution in [0.1, 0.15) is 6.92 Å². The minimum atomic E-state index is -0.958. The molecule has 0 aliphatic carbocycles. The molecule has 0 bridgehead atoms. The molecule has 11 heteroatoms. The second-order valence-electron chi connectivity index (χ2n) is 7.12. The van der Waals surface area contributed by atoms with Crippen molar-refractivity contribution < 1.29 is 32.6 Å². The highest BCUT2D eigenvalue weighted by Crippen LogP contribution is 2.28. The molecule has 0 saturated carbocycles. The average molecular weight is 444 g/mol. The Kier molecular flexibility index (Phi) is 5.80. The minimum absolute atomic E-state index is 0.245. The number of carbonyl (C=O) groups is 3. The highest BCUT2D eigenvalue weighted by Gasteiger charge is 2.49. The molecule has 4 rings (SSSR count). The number of halogens is 2. The van der Waals surface area contributed by atoms with Gasteiger partial charge in [0.05, 0.1) is 12.3 Å². The lowest BCUT2D eigenvalue weighted by Crippen LogP contribution is -2.52. The SMILES string of the molecule is CCOc1ccc(N2CCN3C(=O)C(=O)[N+](CC(=O)Nc4ccc(F)cc4F)=NC32)cc1. The molecule has 1 unspecified atom stereocenters. The van der Waals surface area contributed by atoms with Crippen molar-refractivity contribution in [2.75, 3.05) is 36.5 Å². The van der Waals surface area contributed by atoms with E-state index in [1.54, 1.807) is 12.1 Å². The monoisotopic (exact) mass is 444 g/mol. The van der Waals surface area contributed by atoms with Crippen LogP contribution in [0, 0.1) is 11.6 Å². The third-order valence-electron chi connectivity index (χ3n) is 5.04. The number of fused-ring (bicyclic) bond motifs is 1. The number of nitrogens with one attached hydrogen (secondary N) is 1. The van der Waals surface area contributed by atoms with E-state index in [4.69, 9.17) is 4.74 Å². The smallest absolute Gasteiger partial charge is 0.494 e. The maximum absolute atomic E-state index is 13.8. The van der Waals surface area contributed by atoms with Gasteiger partial charge in [-0.1, -0.05) is 0 Å². The number of hydrogen-bond acceptors (Lipinski definition) is 6. The molecular weight excluding hydrogens is 424 g/mol. The predicted molar refractivity (Wildman–Crippen MR) is 108 cm³/mol. The second kappa shape index (κ2) is 8.69. The number of anilines is 2. The van der Waals surface area contributed by atoms with Gasteiger partial charge in [-0.15, -0.1) is 0 Å². The minimum Gasteiger partial charge on any atom is -0.494 e. The lowest BCUT2D eigenvalue weighted by atomic mass is 10.3. The molecule has 2 aliphatic rings. The van der Waals surface area contributed by atoms with Crippen LogP contribution >= 0.6 is 0 Å². The molecule has 0 radical (unpaired) electrons. The summed E-state index contributed by atoms with van der Waals surface area (Å²) in [4.78, 5) is 40.5. The first-order valence-corrected chi connectivity index (χ1v) is 9.95. The lowest BCUT2D eigenvalue weighted by molar-refractivity contribution is -0.509. The van der Waals surface area contributed by atoms with Crippen molar-refractivity contribution in [3.8, 4) is 5.75 Å². The highest BCUT2D eigenvalue weighted by atomic mass is 19.1. The van der Waals surface area contributed by atoms with Gasteiger partial charge in [-0.05, 0) is 48.0 Å². The van der Waals surface area contributed by atoms with Crippen molar-refractivity contribution in [2.24, 2.45) is 5.11 Å². The van der Waals surface area contributed by atoms with E-state index in [0.717, 1.165) is 22.5 Å². The van der Waals surface area contributed by atoms with Crippen LogP contribution in [-0.2, 0) is 14.4 Å². The van der Waals surface area contributed by atoms with Gasteiger partial charge >= 0.3 is 11.8 Å². The Balaban J connectivity index is 1.53. The zero-order valence-corrected chi connectivity index (χ0v) is 17.1. The van der Waals surface area contributed by atoms with Crippen molar-refractivity contribution in [3.05, 3.63) is 54.1 Å². The zero-order chi connectivity index (χ0) is 22.8. The van der Waals surface area contributed by atoms with Gasteiger partial charge in [0.2, 0.25) is 0 Å². The summed E-state index contributed by atoms with van der Waals surface area (Å²) in [5.74, 6) is -3.56. The Hall–Kier alpha value is -3.89. The number of nitrogens with zero attached hydrogens (tertiary/aromatic N) is 4. The van der Waals surface area contributed by atoms with Crippen molar-refractivity contribution in [1.29, 1.82) is 0 Å². The first-order valence-electron chi connectivity index (χ1n) is 9.95. The van der Waals surface area contributed by atoms with Gasteiger partial charge in [0.15, 0.2) is 0 Å². The molecule has 3 amide bonds. The molecule has 1 fully saturated rings. The summed E-state index contributed by atoms with van der Waals surface area (Å²) in [5.41, 5.74) is 0.523. The quantitative estimate of drug-likeness (QED) is 0.543. The largest absolute Gasteiger partial charge is 0.502 e. The summed E-state index contributed by atoms with van der Waals surface area (Å²) >= 11 is 0. The number of azo groups is 2. The van der Waals surface area contributed by atoms with E-state index in [9.17, 15) is 23.2 Å². The first kappa shape index (κ1) is 21.3. The van der Waals surface area contributed by atoms with E-state index in [1.807, 2.05) is 24.0 Å². The standard InChI is InChI=1S/C21H19F2N5O4/c1-2-32-15-6-4-14(5-7-15)26-9-10-27-19(30)20(31)28(25-21(26)27)12-18(29)24-17-8-3-13(22)11-16(17)23/h3-8,11,21H,2,9-10,12H2,1H3/p+1. The van der Waals surface area contributed by atoms with E-state index in [0.29, 0.717) is 31.5 Å². The summed E-state index contributed by atoms with van der Waals surface area (Å²) < 4.78 is 33.0. The van der Waals surface area contributed by atoms with Crippen LogP contribution in [0.2, 0.25) is 0 Å². The Morgan fingerprint density at radius 2 is 1.88 bits per heavy atom. The van der Waals surface area contributed by atoms with E-state index in [-0.39, 0.29) is 5.69 Å². The van der Waals surface area contributed by atoms with E-state index in [1.165, 1.54) is 4.90 Å². The Morgan fingerprint density at radius 3 is 2.56 bits per heavy atom.